The summed E-state index contributed by atoms with van der Waals surface area (Å²) in [6.45, 7) is 9.03. The monoisotopic (exact) mass is 508 g/mol. The summed E-state index contributed by atoms with van der Waals surface area (Å²) in [5.41, 5.74) is 4.40. The van der Waals surface area contributed by atoms with Crippen LogP contribution in [0.4, 0.5) is 0 Å². The second-order valence-corrected chi connectivity index (χ2v) is 10.1. The molecule has 33 heavy (non-hydrogen) atoms. The van der Waals surface area contributed by atoms with E-state index in [1.54, 1.807) is 28.8 Å². The average Bonchev–Trinajstić information content (AvgIpc) is 2.74. The van der Waals surface area contributed by atoms with Gasteiger partial charge in [-0.1, -0.05) is 78.9 Å². The average molecular weight is 510 g/mol. The van der Waals surface area contributed by atoms with E-state index in [1.165, 1.54) is 16.7 Å². The predicted octanol–water partition coefficient (Wildman–Crippen LogP) is 6.57. The van der Waals surface area contributed by atoms with E-state index in [0.29, 0.717) is 23.0 Å². The molecule has 0 aromatic heterocycles. The number of hydrogen-bond acceptors (Lipinski definition) is 3. The van der Waals surface area contributed by atoms with E-state index < -0.39 is 6.04 Å². The second kappa shape index (κ2) is 13.9. The van der Waals surface area contributed by atoms with Gasteiger partial charge in [0.15, 0.2) is 0 Å². The summed E-state index contributed by atoms with van der Waals surface area (Å²) >= 11 is 14.0. The molecular weight excluding hydrogens is 475 g/mol. The van der Waals surface area contributed by atoms with Crippen molar-refractivity contribution in [3.05, 3.63) is 68.7 Å². The van der Waals surface area contributed by atoms with Crippen molar-refractivity contribution in [3.63, 3.8) is 0 Å². The third-order valence-electron chi connectivity index (χ3n) is 5.35. The zero-order valence-corrected chi connectivity index (χ0v) is 22.2. The topological polar surface area (TPSA) is 49.4 Å². The summed E-state index contributed by atoms with van der Waals surface area (Å²) in [4.78, 5) is 27.9. The van der Waals surface area contributed by atoms with Crippen LogP contribution in [-0.2, 0) is 21.9 Å². The third kappa shape index (κ3) is 8.88. The number of carbonyl (C=O) groups is 2. The van der Waals surface area contributed by atoms with Gasteiger partial charge in [-0.3, -0.25) is 9.59 Å². The van der Waals surface area contributed by atoms with Crippen molar-refractivity contribution in [2.75, 3.05) is 12.3 Å². The molecule has 0 aliphatic carbocycles. The molecular formula is C26H34Cl2N2O2S. The molecule has 2 aromatic rings. The molecule has 0 radical (unpaired) electrons. The van der Waals surface area contributed by atoms with Gasteiger partial charge < -0.3 is 10.2 Å². The van der Waals surface area contributed by atoms with Crippen LogP contribution < -0.4 is 5.32 Å². The lowest BCUT2D eigenvalue weighted by Gasteiger charge is -2.31. The molecule has 2 rings (SSSR count). The van der Waals surface area contributed by atoms with Crippen molar-refractivity contribution in [1.82, 2.24) is 10.2 Å². The van der Waals surface area contributed by atoms with Gasteiger partial charge in [-0.15, -0.1) is 11.8 Å². The minimum absolute atomic E-state index is 0.0760. The van der Waals surface area contributed by atoms with Gasteiger partial charge >= 0.3 is 0 Å². The zero-order chi connectivity index (χ0) is 24.4. The Kier molecular flexibility index (Phi) is 11.6. The summed E-state index contributed by atoms with van der Waals surface area (Å²) in [7, 11) is 0. The summed E-state index contributed by atoms with van der Waals surface area (Å²) < 4.78 is 0. The molecule has 1 N–H and O–H groups in total. The number of amides is 2. The summed E-state index contributed by atoms with van der Waals surface area (Å²) in [6.07, 6.45) is 2.43. The van der Waals surface area contributed by atoms with Gasteiger partial charge in [0.25, 0.3) is 0 Å². The van der Waals surface area contributed by atoms with Crippen LogP contribution in [0.5, 0.6) is 0 Å². The maximum atomic E-state index is 13.3. The van der Waals surface area contributed by atoms with Crippen LogP contribution >= 0.6 is 35.0 Å². The number of aryl methyl sites for hydroxylation is 2. The van der Waals surface area contributed by atoms with Crippen molar-refractivity contribution < 1.29 is 9.59 Å². The van der Waals surface area contributed by atoms with Crippen molar-refractivity contribution in [2.45, 2.75) is 65.3 Å². The highest BCUT2D eigenvalue weighted by Crippen LogP contribution is 2.25. The van der Waals surface area contributed by atoms with Crippen molar-refractivity contribution >= 4 is 46.8 Å². The van der Waals surface area contributed by atoms with Gasteiger partial charge in [0.2, 0.25) is 11.8 Å². The lowest BCUT2D eigenvalue weighted by atomic mass is 10.1. The first-order chi connectivity index (χ1) is 15.7. The minimum Gasteiger partial charge on any atom is -0.354 e. The van der Waals surface area contributed by atoms with Crippen molar-refractivity contribution in [2.24, 2.45) is 0 Å². The standard InChI is InChI=1S/C26H34Cl2N2O2S/c1-5-7-10-29-26(32)24(6-2)30(15-21-8-9-22(27)14-23(21)28)25(31)17-33-16-20-12-18(3)11-19(4)13-20/h8-9,11-14,24H,5-7,10,15-17H2,1-4H3,(H,29,32). The Morgan fingerprint density at radius 3 is 2.36 bits per heavy atom. The Morgan fingerprint density at radius 2 is 1.76 bits per heavy atom. The van der Waals surface area contributed by atoms with Gasteiger partial charge in [-0.05, 0) is 49.9 Å². The highest BCUT2D eigenvalue weighted by molar-refractivity contribution is 7.99. The highest BCUT2D eigenvalue weighted by Gasteiger charge is 2.28. The van der Waals surface area contributed by atoms with Crippen LogP contribution in [0, 0.1) is 13.8 Å². The fourth-order valence-electron chi connectivity index (χ4n) is 3.75. The number of thioether (sulfide) groups is 1. The predicted molar refractivity (Wildman–Crippen MR) is 141 cm³/mol. The Balaban J connectivity index is 2.16. The summed E-state index contributed by atoms with van der Waals surface area (Å²) in [5.74, 6) is 0.830. The number of hydrogen-bond donors (Lipinski definition) is 1. The molecule has 0 saturated heterocycles. The quantitative estimate of drug-likeness (QED) is 0.330. The number of rotatable bonds is 12. The molecule has 2 amide bonds. The van der Waals surface area contributed by atoms with E-state index in [1.807, 2.05) is 13.0 Å². The fourth-order valence-corrected chi connectivity index (χ4v) is 5.06. The molecule has 2 aromatic carbocycles. The Labute approximate surface area is 212 Å². The molecule has 0 spiro atoms. The number of carbonyl (C=O) groups excluding carboxylic acids is 2. The van der Waals surface area contributed by atoms with Crippen LogP contribution in [0.3, 0.4) is 0 Å². The van der Waals surface area contributed by atoms with Gasteiger partial charge in [0, 0.05) is 28.9 Å². The number of nitrogens with one attached hydrogen (secondary N) is 1. The van der Waals surface area contributed by atoms with Crippen LogP contribution in [0.25, 0.3) is 0 Å². The Hall–Kier alpha value is -1.69. The number of halogens is 2. The molecule has 0 saturated carbocycles. The molecule has 0 bridgehead atoms. The van der Waals surface area contributed by atoms with Crippen LogP contribution in [0.1, 0.15) is 55.4 Å². The van der Waals surface area contributed by atoms with Gasteiger partial charge in [0.1, 0.15) is 6.04 Å². The van der Waals surface area contributed by atoms with Crippen LogP contribution in [0.2, 0.25) is 10.0 Å². The summed E-state index contributed by atoms with van der Waals surface area (Å²) in [5, 5.41) is 4.01. The van der Waals surface area contributed by atoms with E-state index in [-0.39, 0.29) is 24.1 Å². The van der Waals surface area contributed by atoms with E-state index in [4.69, 9.17) is 23.2 Å². The van der Waals surface area contributed by atoms with E-state index in [9.17, 15) is 9.59 Å². The maximum Gasteiger partial charge on any atom is 0.242 e. The fraction of sp³-hybridized carbons (Fsp3) is 0.462. The molecule has 0 aliphatic rings. The number of benzene rings is 2. The molecule has 0 heterocycles. The maximum absolute atomic E-state index is 13.3. The highest BCUT2D eigenvalue weighted by atomic mass is 35.5. The van der Waals surface area contributed by atoms with E-state index in [0.717, 1.165) is 24.2 Å². The Morgan fingerprint density at radius 1 is 1.06 bits per heavy atom. The first kappa shape index (κ1) is 27.6. The lowest BCUT2D eigenvalue weighted by molar-refractivity contribution is -0.139. The first-order valence-corrected chi connectivity index (χ1v) is 13.3. The Bertz CT molecular complexity index is 932. The van der Waals surface area contributed by atoms with E-state index >= 15 is 0 Å². The summed E-state index contributed by atoms with van der Waals surface area (Å²) in [6, 6.07) is 11.1. The van der Waals surface area contributed by atoms with Crippen molar-refractivity contribution in [3.8, 4) is 0 Å². The van der Waals surface area contributed by atoms with Gasteiger partial charge in [-0.2, -0.15) is 0 Å². The zero-order valence-electron chi connectivity index (χ0n) is 19.9. The third-order valence-corrected chi connectivity index (χ3v) is 6.92. The molecule has 1 unspecified atom stereocenters. The second-order valence-electron chi connectivity index (χ2n) is 8.31. The largest absolute Gasteiger partial charge is 0.354 e. The smallest absolute Gasteiger partial charge is 0.242 e. The molecule has 0 fully saturated rings. The van der Waals surface area contributed by atoms with Gasteiger partial charge in [0.05, 0.1) is 5.75 Å². The molecule has 7 heteroatoms. The van der Waals surface area contributed by atoms with E-state index in [2.05, 4.69) is 44.3 Å². The SMILES string of the molecule is CCCCNC(=O)C(CC)N(Cc1ccc(Cl)cc1Cl)C(=O)CSCc1cc(C)cc(C)c1. The number of nitrogens with zero attached hydrogens (tertiary/aromatic N) is 1. The molecule has 180 valence electrons. The van der Waals surface area contributed by atoms with Crippen molar-refractivity contribution in [1.29, 1.82) is 0 Å². The molecule has 0 aliphatic heterocycles. The van der Waals surface area contributed by atoms with Crippen LogP contribution in [-0.4, -0.2) is 35.1 Å². The van der Waals surface area contributed by atoms with Gasteiger partial charge in [-0.25, -0.2) is 0 Å². The van der Waals surface area contributed by atoms with Crippen LogP contribution in [0.15, 0.2) is 36.4 Å². The lowest BCUT2D eigenvalue weighted by Crippen LogP contribution is -2.49. The minimum atomic E-state index is -0.553. The molecule has 4 nitrogen and oxygen atoms in total. The molecule has 1 atom stereocenters. The number of unbranched alkanes of at least 4 members (excludes halogenated alkanes) is 1. The first-order valence-electron chi connectivity index (χ1n) is 11.4. The normalized spacial score (nSPS) is 11.8.